The maximum atomic E-state index is 11.1. The Hall–Kier alpha value is -2.40. The van der Waals surface area contributed by atoms with Gasteiger partial charge in [0.15, 0.2) is 0 Å². The molecule has 0 aromatic heterocycles. The lowest BCUT2D eigenvalue weighted by atomic mass is 10.1. The van der Waals surface area contributed by atoms with Crippen molar-refractivity contribution in [2.75, 3.05) is 11.9 Å². The summed E-state index contributed by atoms with van der Waals surface area (Å²) in [5.41, 5.74) is 9.30. The van der Waals surface area contributed by atoms with Crippen LogP contribution >= 0.6 is 0 Å². The summed E-state index contributed by atoms with van der Waals surface area (Å²) in [4.78, 5) is 10.7. The molecule has 2 aromatic carbocycles. The number of nitro groups is 1. The quantitative estimate of drug-likeness (QED) is 0.631. The van der Waals surface area contributed by atoms with Crippen molar-refractivity contribution in [1.29, 1.82) is 0 Å². The molecule has 0 amide bonds. The van der Waals surface area contributed by atoms with Crippen molar-refractivity contribution >= 4 is 11.4 Å². The Morgan fingerprint density at radius 3 is 2.43 bits per heavy atom. The molecule has 0 aliphatic rings. The Kier molecular flexibility index (Phi) is 4.90. The third kappa shape index (κ3) is 4.03. The van der Waals surface area contributed by atoms with E-state index in [4.69, 9.17) is 5.73 Å². The van der Waals surface area contributed by atoms with E-state index in [1.165, 1.54) is 5.56 Å². The highest BCUT2D eigenvalue weighted by atomic mass is 16.6. The van der Waals surface area contributed by atoms with E-state index in [0.29, 0.717) is 18.8 Å². The van der Waals surface area contributed by atoms with Crippen LogP contribution in [0.3, 0.4) is 0 Å². The number of aryl methyl sites for hydroxylation is 1. The summed E-state index contributed by atoms with van der Waals surface area (Å²) < 4.78 is 0. The predicted molar refractivity (Wildman–Crippen MR) is 84.4 cm³/mol. The van der Waals surface area contributed by atoms with Gasteiger partial charge in [0.05, 0.1) is 4.92 Å². The van der Waals surface area contributed by atoms with Crippen LogP contribution in [-0.2, 0) is 13.0 Å². The molecule has 0 aliphatic carbocycles. The van der Waals surface area contributed by atoms with Crippen LogP contribution in [0.4, 0.5) is 11.4 Å². The number of nitrogens with two attached hydrogens (primary N) is 1. The minimum absolute atomic E-state index is 0.106. The molecule has 5 heteroatoms. The second-order valence-corrected chi connectivity index (χ2v) is 4.99. The minimum Gasteiger partial charge on any atom is -0.375 e. The zero-order valence-corrected chi connectivity index (χ0v) is 12.0. The van der Waals surface area contributed by atoms with Crippen LogP contribution in [0.15, 0.2) is 42.5 Å². The van der Waals surface area contributed by atoms with Crippen molar-refractivity contribution in [1.82, 2.24) is 0 Å². The van der Waals surface area contributed by atoms with Crippen molar-refractivity contribution in [3.8, 4) is 0 Å². The molecule has 21 heavy (non-hydrogen) atoms. The molecule has 2 rings (SSSR count). The van der Waals surface area contributed by atoms with Gasteiger partial charge in [-0.2, -0.15) is 0 Å². The number of rotatable bonds is 6. The standard InChI is InChI=1S/C16H19N3O2/c1-12-2-7-15(16(10-12)19(20)21)18-11-14-5-3-13(4-6-14)8-9-17/h2-7,10,18H,8-9,11,17H2,1H3. The van der Waals surface area contributed by atoms with E-state index < -0.39 is 0 Å². The lowest BCUT2D eigenvalue weighted by Crippen LogP contribution is -2.04. The van der Waals surface area contributed by atoms with Crippen LogP contribution in [0.2, 0.25) is 0 Å². The zero-order chi connectivity index (χ0) is 15.2. The molecule has 0 fully saturated rings. The summed E-state index contributed by atoms with van der Waals surface area (Å²) in [5, 5.41) is 14.2. The smallest absolute Gasteiger partial charge is 0.292 e. The number of hydrogen-bond donors (Lipinski definition) is 2. The molecule has 0 bridgehead atoms. The van der Waals surface area contributed by atoms with Gasteiger partial charge in [-0.15, -0.1) is 0 Å². The molecule has 110 valence electrons. The Balaban J connectivity index is 2.07. The number of anilines is 1. The van der Waals surface area contributed by atoms with Gasteiger partial charge in [-0.1, -0.05) is 30.3 Å². The van der Waals surface area contributed by atoms with Crippen LogP contribution in [0.25, 0.3) is 0 Å². The fourth-order valence-electron chi connectivity index (χ4n) is 2.13. The Morgan fingerprint density at radius 2 is 1.81 bits per heavy atom. The van der Waals surface area contributed by atoms with Gasteiger partial charge in [-0.25, -0.2) is 0 Å². The number of nitrogens with zero attached hydrogens (tertiary/aromatic N) is 1. The van der Waals surface area contributed by atoms with E-state index in [-0.39, 0.29) is 10.6 Å². The monoisotopic (exact) mass is 285 g/mol. The lowest BCUT2D eigenvalue weighted by Gasteiger charge is -2.08. The first-order valence-corrected chi connectivity index (χ1v) is 6.87. The number of nitro benzene ring substituents is 1. The summed E-state index contributed by atoms with van der Waals surface area (Å²) in [7, 11) is 0. The number of hydrogen-bond acceptors (Lipinski definition) is 4. The summed E-state index contributed by atoms with van der Waals surface area (Å²) in [6.45, 7) is 3.02. The maximum absolute atomic E-state index is 11.1. The van der Waals surface area contributed by atoms with E-state index in [0.717, 1.165) is 17.5 Å². The van der Waals surface area contributed by atoms with Crippen LogP contribution in [-0.4, -0.2) is 11.5 Å². The predicted octanol–water partition coefficient (Wildman–Crippen LogP) is 3.02. The topological polar surface area (TPSA) is 81.2 Å². The van der Waals surface area contributed by atoms with Crippen molar-refractivity contribution < 1.29 is 4.92 Å². The van der Waals surface area contributed by atoms with Gasteiger partial charge in [-0.05, 0) is 42.6 Å². The van der Waals surface area contributed by atoms with E-state index in [1.807, 2.05) is 37.3 Å². The Morgan fingerprint density at radius 1 is 1.14 bits per heavy atom. The molecule has 0 aliphatic heterocycles. The highest BCUT2D eigenvalue weighted by Gasteiger charge is 2.13. The van der Waals surface area contributed by atoms with Crippen LogP contribution in [0, 0.1) is 17.0 Å². The molecule has 0 saturated heterocycles. The Labute approximate surface area is 123 Å². The lowest BCUT2D eigenvalue weighted by molar-refractivity contribution is -0.384. The minimum atomic E-state index is -0.361. The first kappa shape index (κ1) is 15.0. The Bertz CT molecular complexity index is 624. The summed E-state index contributed by atoms with van der Waals surface area (Å²) in [6.07, 6.45) is 0.858. The van der Waals surface area contributed by atoms with Gasteiger partial charge in [0.25, 0.3) is 5.69 Å². The zero-order valence-electron chi connectivity index (χ0n) is 12.0. The molecule has 0 heterocycles. The molecule has 3 N–H and O–H groups in total. The summed E-state index contributed by atoms with van der Waals surface area (Å²) in [5.74, 6) is 0. The molecule has 0 radical (unpaired) electrons. The van der Waals surface area contributed by atoms with E-state index in [9.17, 15) is 10.1 Å². The molecular weight excluding hydrogens is 266 g/mol. The molecule has 0 atom stereocenters. The van der Waals surface area contributed by atoms with E-state index in [1.54, 1.807) is 12.1 Å². The van der Waals surface area contributed by atoms with E-state index in [2.05, 4.69) is 5.32 Å². The molecular formula is C16H19N3O2. The third-order valence-electron chi connectivity index (χ3n) is 3.29. The highest BCUT2D eigenvalue weighted by Crippen LogP contribution is 2.25. The van der Waals surface area contributed by atoms with Crippen molar-refractivity contribution in [2.24, 2.45) is 5.73 Å². The normalized spacial score (nSPS) is 10.4. The maximum Gasteiger partial charge on any atom is 0.292 e. The average molecular weight is 285 g/mol. The second kappa shape index (κ2) is 6.85. The van der Waals surface area contributed by atoms with Gasteiger partial charge in [-0.3, -0.25) is 10.1 Å². The number of benzene rings is 2. The molecule has 0 unspecified atom stereocenters. The first-order chi connectivity index (χ1) is 10.1. The van der Waals surface area contributed by atoms with E-state index >= 15 is 0 Å². The molecule has 5 nitrogen and oxygen atoms in total. The molecule has 2 aromatic rings. The van der Waals surface area contributed by atoms with Gasteiger partial charge >= 0.3 is 0 Å². The van der Waals surface area contributed by atoms with Gasteiger partial charge in [0.1, 0.15) is 5.69 Å². The number of nitrogens with one attached hydrogen (secondary N) is 1. The fourth-order valence-corrected chi connectivity index (χ4v) is 2.13. The van der Waals surface area contributed by atoms with Crippen molar-refractivity contribution in [3.63, 3.8) is 0 Å². The molecule has 0 saturated carbocycles. The van der Waals surface area contributed by atoms with Crippen LogP contribution in [0.1, 0.15) is 16.7 Å². The van der Waals surface area contributed by atoms with Crippen molar-refractivity contribution in [3.05, 3.63) is 69.3 Å². The summed E-state index contributed by atoms with van der Waals surface area (Å²) in [6, 6.07) is 13.3. The average Bonchev–Trinajstić information content (AvgIpc) is 2.47. The van der Waals surface area contributed by atoms with Crippen LogP contribution < -0.4 is 11.1 Å². The second-order valence-electron chi connectivity index (χ2n) is 4.99. The fraction of sp³-hybridized carbons (Fsp3) is 0.250. The third-order valence-corrected chi connectivity index (χ3v) is 3.29. The molecule has 0 spiro atoms. The van der Waals surface area contributed by atoms with Gasteiger partial charge in [0.2, 0.25) is 0 Å². The van der Waals surface area contributed by atoms with Gasteiger partial charge < -0.3 is 11.1 Å². The first-order valence-electron chi connectivity index (χ1n) is 6.87. The summed E-state index contributed by atoms with van der Waals surface area (Å²) >= 11 is 0. The largest absolute Gasteiger partial charge is 0.375 e. The van der Waals surface area contributed by atoms with Crippen LogP contribution in [0.5, 0.6) is 0 Å². The van der Waals surface area contributed by atoms with Crippen molar-refractivity contribution in [2.45, 2.75) is 19.9 Å². The SMILES string of the molecule is Cc1ccc(NCc2ccc(CCN)cc2)c([N+](=O)[O-])c1. The van der Waals surface area contributed by atoms with Gasteiger partial charge in [0, 0.05) is 12.6 Å². The highest BCUT2D eigenvalue weighted by molar-refractivity contribution is 5.62.